The number of nitrogens with zero attached hydrogens (tertiary/aromatic N) is 4. The van der Waals surface area contributed by atoms with Crippen molar-refractivity contribution in [2.45, 2.75) is 27.7 Å². The third-order valence-electron chi connectivity index (χ3n) is 4.36. The zero-order valence-electron chi connectivity index (χ0n) is 17.1. The highest BCUT2D eigenvalue weighted by Gasteiger charge is 2.22. The number of rotatable bonds is 5. The number of carbonyl (C=O) groups is 1. The van der Waals surface area contributed by atoms with Crippen molar-refractivity contribution < 1.29 is 9.72 Å². The van der Waals surface area contributed by atoms with Crippen LogP contribution < -0.4 is 10.6 Å². The Bertz CT molecular complexity index is 1110. The Labute approximate surface area is 173 Å². The number of nitrogens with one attached hydrogen (secondary N) is 2. The molecule has 0 saturated heterocycles. The van der Waals surface area contributed by atoms with Crippen molar-refractivity contribution in [3.63, 3.8) is 0 Å². The topological polar surface area (TPSA) is 123 Å². The number of anilines is 3. The standard InChI is InChI=1S/C21H22N6O3/c1-13-5-6-14(27(29)30)11-18(13)26-20-23-10-8-17(25-20)15-12-22-9-7-16(15)24-19(28)21(2,3)4/h5-12H,1-4H3,(H,22,24,28)(H,23,25,26). The first-order valence-electron chi connectivity index (χ1n) is 9.26. The highest BCUT2D eigenvalue weighted by molar-refractivity contribution is 5.97. The van der Waals surface area contributed by atoms with Crippen LogP contribution in [0.1, 0.15) is 26.3 Å². The average Bonchev–Trinajstić information content (AvgIpc) is 2.69. The monoisotopic (exact) mass is 406 g/mol. The lowest BCUT2D eigenvalue weighted by molar-refractivity contribution is -0.384. The van der Waals surface area contributed by atoms with Crippen molar-refractivity contribution in [3.05, 3.63) is 64.6 Å². The van der Waals surface area contributed by atoms with E-state index in [0.717, 1.165) is 5.56 Å². The van der Waals surface area contributed by atoms with Gasteiger partial charge >= 0.3 is 0 Å². The van der Waals surface area contributed by atoms with Gasteiger partial charge in [0.2, 0.25) is 11.9 Å². The minimum absolute atomic E-state index is 0.0290. The number of hydrogen-bond donors (Lipinski definition) is 2. The number of aryl methyl sites for hydroxylation is 1. The number of non-ortho nitro benzene ring substituents is 1. The predicted molar refractivity (Wildman–Crippen MR) is 114 cm³/mol. The van der Waals surface area contributed by atoms with Gasteiger partial charge in [0.1, 0.15) is 0 Å². The fourth-order valence-corrected chi connectivity index (χ4v) is 2.56. The second-order valence-electron chi connectivity index (χ2n) is 7.77. The summed E-state index contributed by atoms with van der Waals surface area (Å²) in [6.07, 6.45) is 4.78. The van der Waals surface area contributed by atoms with Crippen molar-refractivity contribution in [1.82, 2.24) is 15.0 Å². The van der Waals surface area contributed by atoms with Crippen LogP contribution >= 0.6 is 0 Å². The molecule has 0 fully saturated rings. The van der Waals surface area contributed by atoms with Gasteiger partial charge in [0.05, 0.1) is 22.0 Å². The van der Waals surface area contributed by atoms with Crippen LogP contribution in [-0.2, 0) is 4.79 Å². The lowest BCUT2D eigenvalue weighted by Gasteiger charge is -2.19. The first-order chi connectivity index (χ1) is 14.1. The molecule has 9 nitrogen and oxygen atoms in total. The van der Waals surface area contributed by atoms with Gasteiger partial charge < -0.3 is 10.6 Å². The summed E-state index contributed by atoms with van der Waals surface area (Å²) in [5, 5.41) is 17.0. The van der Waals surface area contributed by atoms with Crippen LogP contribution in [0.25, 0.3) is 11.3 Å². The zero-order valence-corrected chi connectivity index (χ0v) is 17.1. The van der Waals surface area contributed by atoms with Gasteiger partial charge in [0.15, 0.2) is 0 Å². The molecule has 0 saturated carbocycles. The molecule has 0 radical (unpaired) electrons. The summed E-state index contributed by atoms with van der Waals surface area (Å²) in [4.78, 5) is 35.9. The van der Waals surface area contributed by atoms with Crippen LogP contribution in [-0.4, -0.2) is 25.8 Å². The lowest BCUT2D eigenvalue weighted by atomic mass is 9.95. The first-order valence-corrected chi connectivity index (χ1v) is 9.26. The van der Waals surface area contributed by atoms with Crippen LogP contribution in [0.5, 0.6) is 0 Å². The number of aromatic nitrogens is 3. The maximum atomic E-state index is 12.4. The summed E-state index contributed by atoms with van der Waals surface area (Å²) in [6.45, 7) is 7.32. The normalized spacial score (nSPS) is 11.1. The molecule has 0 aliphatic heterocycles. The van der Waals surface area contributed by atoms with Gasteiger partial charge in [0.25, 0.3) is 5.69 Å². The van der Waals surface area contributed by atoms with Gasteiger partial charge in [-0.15, -0.1) is 0 Å². The molecule has 30 heavy (non-hydrogen) atoms. The number of nitro benzene ring substituents is 1. The number of nitro groups is 1. The predicted octanol–water partition coefficient (Wildman–Crippen LogP) is 4.48. The minimum atomic E-state index is -0.557. The number of hydrogen-bond acceptors (Lipinski definition) is 7. The molecular formula is C21H22N6O3. The minimum Gasteiger partial charge on any atom is -0.325 e. The quantitative estimate of drug-likeness (QED) is 0.473. The molecule has 0 aliphatic carbocycles. The molecule has 3 aromatic rings. The third-order valence-corrected chi connectivity index (χ3v) is 4.36. The fourth-order valence-electron chi connectivity index (χ4n) is 2.56. The third kappa shape index (κ3) is 4.75. The summed E-state index contributed by atoms with van der Waals surface area (Å²) in [6, 6.07) is 7.95. The molecule has 2 aromatic heterocycles. The van der Waals surface area contributed by atoms with Crippen LogP contribution in [0.4, 0.5) is 23.0 Å². The van der Waals surface area contributed by atoms with Crippen molar-refractivity contribution in [1.29, 1.82) is 0 Å². The van der Waals surface area contributed by atoms with Gasteiger partial charge in [-0.2, -0.15) is 0 Å². The highest BCUT2D eigenvalue weighted by atomic mass is 16.6. The van der Waals surface area contributed by atoms with Gasteiger partial charge in [-0.25, -0.2) is 9.97 Å². The summed E-state index contributed by atoms with van der Waals surface area (Å²) >= 11 is 0. The van der Waals surface area contributed by atoms with Gasteiger partial charge in [0, 0.05) is 41.7 Å². The molecule has 0 bridgehead atoms. The first kappa shape index (κ1) is 20.8. The lowest BCUT2D eigenvalue weighted by Crippen LogP contribution is -2.27. The molecule has 2 heterocycles. The number of benzene rings is 1. The molecule has 0 aliphatic rings. The van der Waals surface area contributed by atoms with E-state index in [1.807, 2.05) is 27.7 Å². The van der Waals surface area contributed by atoms with Crippen molar-refractivity contribution in [3.8, 4) is 11.3 Å². The molecule has 0 spiro atoms. The molecular weight excluding hydrogens is 384 g/mol. The Morgan fingerprint density at radius 1 is 1.10 bits per heavy atom. The van der Waals surface area contributed by atoms with Crippen LogP contribution in [0.3, 0.4) is 0 Å². The number of pyridine rings is 1. The van der Waals surface area contributed by atoms with E-state index < -0.39 is 10.3 Å². The van der Waals surface area contributed by atoms with Crippen LogP contribution in [0.2, 0.25) is 0 Å². The van der Waals surface area contributed by atoms with E-state index in [4.69, 9.17) is 0 Å². The van der Waals surface area contributed by atoms with E-state index in [1.54, 1.807) is 36.8 Å². The molecule has 1 amide bonds. The summed E-state index contributed by atoms with van der Waals surface area (Å²) in [5.74, 6) is 0.141. The Kier molecular flexibility index (Phi) is 5.72. The van der Waals surface area contributed by atoms with E-state index in [2.05, 4.69) is 25.6 Å². The number of carbonyl (C=O) groups excluding carboxylic acids is 1. The van der Waals surface area contributed by atoms with Crippen LogP contribution in [0.15, 0.2) is 48.9 Å². The van der Waals surface area contributed by atoms with Gasteiger partial charge in [-0.1, -0.05) is 26.8 Å². The maximum absolute atomic E-state index is 12.4. The second kappa shape index (κ2) is 8.24. The van der Waals surface area contributed by atoms with Gasteiger partial charge in [-0.3, -0.25) is 19.9 Å². The summed E-state index contributed by atoms with van der Waals surface area (Å²) in [5.41, 5.74) is 2.53. The maximum Gasteiger partial charge on any atom is 0.271 e. The van der Waals surface area contributed by atoms with E-state index in [1.165, 1.54) is 12.1 Å². The van der Waals surface area contributed by atoms with Gasteiger partial charge in [-0.05, 0) is 24.6 Å². The van der Waals surface area contributed by atoms with E-state index in [-0.39, 0.29) is 17.5 Å². The summed E-state index contributed by atoms with van der Waals surface area (Å²) < 4.78 is 0. The molecule has 1 aromatic carbocycles. The Morgan fingerprint density at radius 2 is 1.87 bits per heavy atom. The van der Waals surface area contributed by atoms with E-state index in [9.17, 15) is 14.9 Å². The molecule has 3 rings (SSSR count). The molecule has 154 valence electrons. The molecule has 2 N–H and O–H groups in total. The fraction of sp³-hybridized carbons (Fsp3) is 0.238. The Balaban J connectivity index is 1.93. The average molecular weight is 406 g/mol. The molecule has 0 unspecified atom stereocenters. The Hall–Kier alpha value is -3.88. The van der Waals surface area contributed by atoms with E-state index in [0.29, 0.717) is 22.6 Å². The SMILES string of the molecule is Cc1ccc([N+](=O)[O-])cc1Nc1nccc(-c2cnccc2NC(=O)C(C)(C)C)n1. The zero-order chi connectivity index (χ0) is 21.9. The smallest absolute Gasteiger partial charge is 0.271 e. The van der Waals surface area contributed by atoms with Crippen molar-refractivity contribution >= 4 is 28.9 Å². The highest BCUT2D eigenvalue weighted by Crippen LogP contribution is 2.29. The van der Waals surface area contributed by atoms with Crippen molar-refractivity contribution in [2.75, 3.05) is 10.6 Å². The summed E-state index contributed by atoms with van der Waals surface area (Å²) in [7, 11) is 0. The van der Waals surface area contributed by atoms with E-state index >= 15 is 0 Å². The largest absolute Gasteiger partial charge is 0.325 e. The molecule has 0 atom stereocenters. The van der Waals surface area contributed by atoms with Crippen molar-refractivity contribution in [2.24, 2.45) is 5.41 Å². The Morgan fingerprint density at radius 3 is 2.57 bits per heavy atom. The molecule has 9 heteroatoms. The number of amides is 1. The second-order valence-corrected chi connectivity index (χ2v) is 7.77. The van der Waals surface area contributed by atoms with Crippen LogP contribution in [0, 0.1) is 22.5 Å².